The number of anilines is 1. The second kappa shape index (κ2) is 3.87. The number of aromatic nitrogens is 2. The molecule has 1 aromatic heterocycles. The van der Waals surface area contributed by atoms with E-state index in [1.165, 1.54) is 0 Å². The highest BCUT2D eigenvalue weighted by molar-refractivity contribution is 5.27. The summed E-state index contributed by atoms with van der Waals surface area (Å²) in [5, 5.41) is 0. The third-order valence-corrected chi connectivity index (χ3v) is 1.47. The third-order valence-electron chi connectivity index (χ3n) is 1.47. The van der Waals surface area contributed by atoms with Gasteiger partial charge in [0, 0.05) is 5.69 Å². The summed E-state index contributed by atoms with van der Waals surface area (Å²) in [5.41, 5.74) is 11.1. The van der Waals surface area contributed by atoms with Gasteiger partial charge in [-0.3, -0.25) is 0 Å². The van der Waals surface area contributed by atoms with Crippen LogP contribution in [0.15, 0.2) is 10.9 Å². The Hall–Kier alpha value is -1.36. The van der Waals surface area contributed by atoms with Gasteiger partial charge in [0.15, 0.2) is 0 Å². The van der Waals surface area contributed by atoms with Crippen LogP contribution >= 0.6 is 0 Å². The molecule has 0 spiro atoms. The molecule has 0 radical (unpaired) electrons. The van der Waals surface area contributed by atoms with Gasteiger partial charge < -0.3 is 16.5 Å². The van der Waals surface area contributed by atoms with E-state index in [-0.39, 0.29) is 5.82 Å². The fourth-order valence-corrected chi connectivity index (χ4v) is 0.957. The Balaban J connectivity index is 2.79. The van der Waals surface area contributed by atoms with Crippen molar-refractivity contribution in [1.29, 1.82) is 0 Å². The normalized spacial score (nSPS) is 10.1. The Morgan fingerprint density at radius 3 is 2.92 bits per heavy atom. The van der Waals surface area contributed by atoms with Crippen molar-refractivity contribution in [1.82, 2.24) is 9.97 Å². The van der Waals surface area contributed by atoms with Crippen LogP contribution in [0.3, 0.4) is 0 Å². The van der Waals surface area contributed by atoms with Crippen molar-refractivity contribution in [2.75, 3.05) is 12.3 Å². The van der Waals surface area contributed by atoms with Gasteiger partial charge in [-0.05, 0) is 25.5 Å². The minimum absolute atomic E-state index is 0.255. The molecule has 0 aliphatic heterocycles. The maximum absolute atomic E-state index is 10.8. The molecule has 0 amide bonds. The third kappa shape index (κ3) is 2.35. The molecular weight excluding hydrogens is 156 g/mol. The molecule has 0 aliphatic carbocycles. The van der Waals surface area contributed by atoms with Crippen LogP contribution in [0.2, 0.25) is 0 Å². The van der Waals surface area contributed by atoms with E-state index in [1.54, 1.807) is 6.07 Å². The van der Waals surface area contributed by atoms with Crippen LogP contribution in [0, 0.1) is 0 Å². The number of aromatic amines is 1. The average molecular weight is 168 g/mol. The van der Waals surface area contributed by atoms with Crippen LogP contribution in [0.1, 0.15) is 12.1 Å². The monoisotopic (exact) mass is 168 g/mol. The van der Waals surface area contributed by atoms with Crippen molar-refractivity contribution in [2.45, 2.75) is 12.8 Å². The molecule has 12 heavy (non-hydrogen) atoms. The van der Waals surface area contributed by atoms with E-state index in [2.05, 4.69) is 9.97 Å². The van der Waals surface area contributed by atoms with Crippen molar-refractivity contribution in [3.8, 4) is 0 Å². The van der Waals surface area contributed by atoms with Gasteiger partial charge in [-0.15, -0.1) is 0 Å². The van der Waals surface area contributed by atoms with Crippen LogP contribution in [-0.2, 0) is 6.42 Å². The Bertz CT molecular complexity index is 307. The molecular formula is C7H12N4O. The molecule has 1 rings (SSSR count). The number of aryl methyl sites for hydroxylation is 1. The lowest BCUT2D eigenvalue weighted by Crippen LogP contribution is -2.15. The summed E-state index contributed by atoms with van der Waals surface area (Å²) in [5.74, 6) is 0.255. The van der Waals surface area contributed by atoms with E-state index < -0.39 is 5.69 Å². The molecule has 5 nitrogen and oxygen atoms in total. The Morgan fingerprint density at radius 2 is 2.33 bits per heavy atom. The number of nitrogens with two attached hydrogens (primary N) is 2. The lowest BCUT2D eigenvalue weighted by atomic mass is 10.2. The average Bonchev–Trinajstić information content (AvgIpc) is 1.99. The largest absolute Gasteiger partial charge is 0.383 e. The zero-order valence-corrected chi connectivity index (χ0v) is 6.71. The fourth-order valence-electron chi connectivity index (χ4n) is 0.957. The lowest BCUT2D eigenvalue weighted by Gasteiger charge is -1.99. The smallest absolute Gasteiger partial charge is 0.347 e. The predicted octanol–water partition coefficient (Wildman–Crippen LogP) is -0.757. The molecule has 0 atom stereocenters. The number of rotatable bonds is 3. The lowest BCUT2D eigenvalue weighted by molar-refractivity contribution is 0.800. The first-order valence-electron chi connectivity index (χ1n) is 3.78. The highest BCUT2D eigenvalue weighted by atomic mass is 16.1. The quantitative estimate of drug-likeness (QED) is 0.552. The van der Waals surface area contributed by atoms with Gasteiger partial charge in [0.1, 0.15) is 5.82 Å². The summed E-state index contributed by atoms with van der Waals surface area (Å²) in [6.07, 6.45) is 1.57. The minimum Gasteiger partial charge on any atom is -0.383 e. The van der Waals surface area contributed by atoms with Gasteiger partial charge >= 0.3 is 5.69 Å². The van der Waals surface area contributed by atoms with Crippen molar-refractivity contribution < 1.29 is 0 Å². The molecule has 0 fully saturated rings. The molecule has 0 saturated carbocycles. The van der Waals surface area contributed by atoms with E-state index in [0.717, 1.165) is 18.5 Å². The summed E-state index contributed by atoms with van der Waals surface area (Å²) in [6, 6.07) is 1.65. The number of hydrogen-bond donors (Lipinski definition) is 3. The highest BCUT2D eigenvalue weighted by Gasteiger charge is 1.96. The van der Waals surface area contributed by atoms with E-state index in [1.807, 2.05) is 0 Å². The van der Waals surface area contributed by atoms with Crippen LogP contribution in [0.4, 0.5) is 5.82 Å². The Morgan fingerprint density at radius 1 is 1.58 bits per heavy atom. The number of hydrogen-bond acceptors (Lipinski definition) is 4. The molecule has 0 aliphatic rings. The molecule has 0 bridgehead atoms. The molecule has 0 unspecified atom stereocenters. The summed E-state index contributed by atoms with van der Waals surface area (Å²) in [4.78, 5) is 16.9. The van der Waals surface area contributed by atoms with Gasteiger partial charge in [0.05, 0.1) is 0 Å². The van der Waals surface area contributed by atoms with Crippen LogP contribution < -0.4 is 17.2 Å². The molecule has 1 heterocycles. The van der Waals surface area contributed by atoms with Gasteiger partial charge in [-0.2, -0.15) is 4.98 Å². The van der Waals surface area contributed by atoms with Gasteiger partial charge in [0.25, 0.3) is 0 Å². The summed E-state index contributed by atoms with van der Waals surface area (Å²) < 4.78 is 0. The number of H-pyrrole nitrogens is 1. The molecule has 0 saturated heterocycles. The SMILES string of the molecule is NCCCc1cc(N)nc(=O)[nH]1. The number of nitrogens with zero attached hydrogens (tertiary/aromatic N) is 1. The maximum atomic E-state index is 10.8. The first kappa shape index (κ1) is 8.73. The number of nitrogens with one attached hydrogen (secondary N) is 1. The Kier molecular flexibility index (Phi) is 2.82. The van der Waals surface area contributed by atoms with Gasteiger partial charge in [-0.1, -0.05) is 0 Å². The van der Waals surface area contributed by atoms with Gasteiger partial charge in [0.2, 0.25) is 0 Å². The molecule has 5 heteroatoms. The van der Waals surface area contributed by atoms with E-state index >= 15 is 0 Å². The predicted molar refractivity (Wildman–Crippen MR) is 46.6 cm³/mol. The fraction of sp³-hybridized carbons (Fsp3) is 0.429. The second-order valence-electron chi connectivity index (χ2n) is 2.53. The Labute approximate surface area is 69.8 Å². The maximum Gasteiger partial charge on any atom is 0.347 e. The van der Waals surface area contributed by atoms with Crippen LogP contribution in [-0.4, -0.2) is 16.5 Å². The first-order chi connectivity index (χ1) is 5.72. The van der Waals surface area contributed by atoms with Crippen molar-refractivity contribution in [3.63, 3.8) is 0 Å². The molecule has 5 N–H and O–H groups in total. The van der Waals surface area contributed by atoms with Crippen molar-refractivity contribution in [3.05, 3.63) is 22.2 Å². The van der Waals surface area contributed by atoms with Gasteiger partial charge in [-0.25, -0.2) is 4.79 Å². The molecule has 66 valence electrons. The first-order valence-corrected chi connectivity index (χ1v) is 3.78. The van der Waals surface area contributed by atoms with E-state index in [4.69, 9.17) is 11.5 Å². The zero-order chi connectivity index (χ0) is 8.97. The van der Waals surface area contributed by atoms with Crippen LogP contribution in [0.25, 0.3) is 0 Å². The minimum atomic E-state index is -0.401. The summed E-state index contributed by atoms with van der Waals surface area (Å²) >= 11 is 0. The van der Waals surface area contributed by atoms with Crippen LogP contribution in [0.5, 0.6) is 0 Å². The standard InChI is InChI=1S/C7H12N4O/c8-3-1-2-5-4-6(9)11-7(12)10-5/h4H,1-3,8H2,(H3,9,10,11,12). The molecule has 1 aromatic rings. The van der Waals surface area contributed by atoms with Crippen molar-refractivity contribution in [2.24, 2.45) is 5.73 Å². The second-order valence-corrected chi connectivity index (χ2v) is 2.53. The van der Waals surface area contributed by atoms with Crippen molar-refractivity contribution >= 4 is 5.82 Å². The van der Waals surface area contributed by atoms with E-state index in [9.17, 15) is 4.79 Å². The number of nitrogen functional groups attached to an aromatic ring is 1. The highest BCUT2D eigenvalue weighted by Crippen LogP contribution is 1.98. The topological polar surface area (TPSA) is 97.8 Å². The van der Waals surface area contributed by atoms with E-state index in [0.29, 0.717) is 6.54 Å². The summed E-state index contributed by atoms with van der Waals surface area (Å²) in [7, 11) is 0. The molecule has 0 aromatic carbocycles. The zero-order valence-electron chi connectivity index (χ0n) is 6.71. The summed E-state index contributed by atoms with van der Waals surface area (Å²) in [6.45, 7) is 0.601.